The number of aliphatic imine (C=N–C) groups is 1. The maximum absolute atomic E-state index is 12.2. The van der Waals surface area contributed by atoms with Crippen LogP contribution in [0.2, 0.25) is 5.02 Å². The minimum Gasteiger partial charge on any atom is -0.497 e. The molecule has 0 bridgehead atoms. The van der Waals surface area contributed by atoms with E-state index < -0.39 is 5.91 Å². The van der Waals surface area contributed by atoms with Gasteiger partial charge in [0.1, 0.15) is 11.5 Å². The van der Waals surface area contributed by atoms with E-state index in [9.17, 15) is 9.59 Å². The normalized spacial score (nSPS) is 16.5. The minimum absolute atomic E-state index is 0.221. The van der Waals surface area contributed by atoms with Crippen LogP contribution in [0.1, 0.15) is 15.9 Å². The molecule has 0 aliphatic carbocycles. The Labute approximate surface area is 165 Å². The van der Waals surface area contributed by atoms with Crippen molar-refractivity contribution >= 4 is 46.4 Å². The number of rotatable bonds is 4. The second-order valence-corrected chi connectivity index (χ2v) is 6.87. The molecule has 6 nitrogen and oxygen atoms in total. The van der Waals surface area contributed by atoms with Crippen LogP contribution in [0.5, 0.6) is 11.5 Å². The van der Waals surface area contributed by atoms with Crippen LogP contribution in [-0.4, -0.2) is 31.2 Å². The molecule has 0 radical (unpaired) electrons. The number of carbonyl (C=O) groups is 2. The summed E-state index contributed by atoms with van der Waals surface area (Å²) < 4.78 is 10.5. The first-order valence-electron chi connectivity index (χ1n) is 7.81. The van der Waals surface area contributed by atoms with Crippen molar-refractivity contribution in [1.29, 1.82) is 0 Å². The molecule has 1 heterocycles. The third kappa shape index (κ3) is 4.50. The maximum Gasteiger partial charge on any atom is 0.279 e. The smallest absolute Gasteiger partial charge is 0.279 e. The van der Waals surface area contributed by atoms with Gasteiger partial charge in [0, 0.05) is 22.2 Å². The van der Waals surface area contributed by atoms with E-state index in [0.29, 0.717) is 32.6 Å². The molecule has 0 aromatic heterocycles. The van der Waals surface area contributed by atoms with Crippen molar-refractivity contribution in [3.63, 3.8) is 0 Å². The largest absolute Gasteiger partial charge is 0.497 e. The summed E-state index contributed by atoms with van der Waals surface area (Å²) >= 11 is 6.90. The molecule has 0 saturated carbocycles. The van der Waals surface area contributed by atoms with Gasteiger partial charge in [0.15, 0.2) is 5.17 Å². The zero-order chi connectivity index (χ0) is 19.4. The maximum atomic E-state index is 12.2. The summed E-state index contributed by atoms with van der Waals surface area (Å²) in [6, 6.07) is 11.7. The van der Waals surface area contributed by atoms with Gasteiger partial charge in [-0.25, -0.2) is 0 Å². The number of ether oxygens (including phenoxy) is 2. The highest BCUT2D eigenvalue weighted by molar-refractivity contribution is 8.18. The number of methoxy groups -OCH3 is 2. The number of carbonyl (C=O) groups excluding carboxylic acids is 2. The molecule has 2 aromatic carbocycles. The van der Waals surface area contributed by atoms with Crippen LogP contribution >= 0.6 is 23.4 Å². The summed E-state index contributed by atoms with van der Waals surface area (Å²) in [4.78, 5) is 28.8. The first kappa shape index (κ1) is 19.0. The SMILES string of the molecule is COc1ccc(/C=C2\SC(=NC(=O)c3ccc(Cl)cc3)NC2=O)c(OC)c1. The number of amidine groups is 1. The topological polar surface area (TPSA) is 77.0 Å². The van der Waals surface area contributed by atoms with Crippen molar-refractivity contribution < 1.29 is 19.1 Å². The van der Waals surface area contributed by atoms with Gasteiger partial charge in [-0.15, -0.1) is 0 Å². The van der Waals surface area contributed by atoms with Gasteiger partial charge in [0.25, 0.3) is 11.8 Å². The summed E-state index contributed by atoms with van der Waals surface area (Å²) in [5.74, 6) is 0.421. The second kappa shape index (κ2) is 8.28. The van der Waals surface area contributed by atoms with Crippen molar-refractivity contribution in [2.24, 2.45) is 4.99 Å². The Morgan fingerprint density at radius 2 is 1.89 bits per heavy atom. The summed E-state index contributed by atoms with van der Waals surface area (Å²) in [5.41, 5.74) is 1.09. The summed E-state index contributed by atoms with van der Waals surface area (Å²) in [6.07, 6.45) is 1.67. The molecule has 2 amide bonds. The van der Waals surface area contributed by atoms with Crippen LogP contribution in [0, 0.1) is 0 Å². The van der Waals surface area contributed by atoms with Crippen molar-refractivity contribution in [3.05, 3.63) is 63.5 Å². The Morgan fingerprint density at radius 1 is 1.15 bits per heavy atom. The van der Waals surface area contributed by atoms with Crippen molar-refractivity contribution in [2.45, 2.75) is 0 Å². The van der Waals surface area contributed by atoms with Gasteiger partial charge in [0.05, 0.1) is 19.1 Å². The van der Waals surface area contributed by atoms with Gasteiger partial charge in [-0.2, -0.15) is 4.99 Å². The highest BCUT2D eigenvalue weighted by Crippen LogP contribution is 2.31. The quantitative estimate of drug-likeness (QED) is 0.788. The van der Waals surface area contributed by atoms with Gasteiger partial charge in [0.2, 0.25) is 0 Å². The number of halogens is 1. The van der Waals surface area contributed by atoms with Crippen molar-refractivity contribution in [1.82, 2.24) is 5.32 Å². The van der Waals surface area contributed by atoms with E-state index in [1.165, 1.54) is 7.11 Å². The van der Waals surface area contributed by atoms with Gasteiger partial charge >= 0.3 is 0 Å². The van der Waals surface area contributed by atoms with E-state index in [1.807, 2.05) is 0 Å². The van der Waals surface area contributed by atoms with E-state index in [-0.39, 0.29) is 11.1 Å². The van der Waals surface area contributed by atoms with E-state index in [0.717, 1.165) is 11.8 Å². The molecule has 1 N–H and O–H groups in total. The molecule has 1 aliphatic heterocycles. The third-order valence-corrected chi connectivity index (χ3v) is 4.83. The monoisotopic (exact) mass is 402 g/mol. The molecule has 0 atom stereocenters. The zero-order valence-corrected chi connectivity index (χ0v) is 16.1. The second-order valence-electron chi connectivity index (χ2n) is 5.40. The molecular weight excluding hydrogens is 388 g/mol. The number of hydrogen-bond donors (Lipinski definition) is 1. The number of thioether (sulfide) groups is 1. The lowest BCUT2D eigenvalue weighted by molar-refractivity contribution is -0.115. The minimum atomic E-state index is -0.460. The summed E-state index contributed by atoms with van der Waals surface area (Å²) in [6.45, 7) is 0. The fourth-order valence-corrected chi connectivity index (χ4v) is 3.24. The molecule has 1 saturated heterocycles. The van der Waals surface area contributed by atoms with E-state index in [1.54, 1.807) is 55.7 Å². The first-order valence-corrected chi connectivity index (χ1v) is 9.01. The molecule has 1 aliphatic rings. The van der Waals surface area contributed by atoms with E-state index in [2.05, 4.69) is 10.3 Å². The molecule has 3 rings (SSSR count). The fourth-order valence-electron chi connectivity index (χ4n) is 2.31. The number of nitrogens with one attached hydrogen (secondary N) is 1. The number of nitrogens with zero attached hydrogens (tertiary/aromatic N) is 1. The van der Waals surface area contributed by atoms with Crippen LogP contribution in [0.25, 0.3) is 6.08 Å². The van der Waals surface area contributed by atoms with Crippen LogP contribution in [-0.2, 0) is 4.79 Å². The van der Waals surface area contributed by atoms with Crippen LogP contribution in [0.4, 0.5) is 0 Å². The van der Waals surface area contributed by atoms with E-state index in [4.69, 9.17) is 21.1 Å². The van der Waals surface area contributed by atoms with Gasteiger partial charge < -0.3 is 14.8 Å². The lowest BCUT2D eigenvalue weighted by Gasteiger charge is -2.07. The zero-order valence-electron chi connectivity index (χ0n) is 14.5. The van der Waals surface area contributed by atoms with Crippen molar-refractivity contribution in [3.8, 4) is 11.5 Å². The molecule has 8 heteroatoms. The number of benzene rings is 2. The van der Waals surface area contributed by atoms with E-state index >= 15 is 0 Å². The Balaban J connectivity index is 1.82. The van der Waals surface area contributed by atoms with Crippen LogP contribution < -0.4 is 14.8 Å². The van der Waals surface area contributed by atoms with Crippen LogP contribution in [0.3, 0.4) is 0 Å². The Morgan fingerprint density at radius 3 is 2.56 bits per heavy atom. The Kier molecular flexibility index (Phi) is 5.83. The average molecular weight is 403 g/mol. The predicted molar refractivity (Wildman–Crippen MR) is 106 cm³/mol. The molecule has 138 valence electrons. The average Bonchev–Trinajstić information content (AvgIpc) is 3.01. The van der Waals surface area contributed by atoms with Gasteiger partial charge in [-0.1, -0.05) is 11.6 Å². The molecular formula is C19H15ClN2O4S. The molecule has 0 unspecified atom stereocenters. The Bertz CT molecular complexity index is 955. The number of hydrogen-bond acceptors (Lipinski definition) is 5. The number of amides is 2. The highest BCUT2D eigenvalue weighted by Gasteiger charge is 2.25. The molecule has 0 spiro atoms. The lowest BCUT2D eigenvalue weighted by Crippen LogP contribution is -2.20. The first-order chi connectivity index (χ1) is 13.0. The summed E-state index contributed by atoms with van der Waals surface area (Å²) in [5, 5.41) is 3.34. The van der Waals surface area contributed by atoms with Gasteiger partial charge in [-0.05, 0) is 54.2 Å². The molecule has 1 fully saturated rings. The highest BCUT2D eigenvalue weighted by atomic mass is 35.5. The van der Waals surface area contributed by atoms with Crippen LogP contribution in [0.15, 0.2) is 52.4 Å². The Hall–Kier alpha value is -2.77. The standard InChI is InChI=1S/C19H15ClN2O4S/c1-25-14-8-5-12(15(10-14)26-2)9-16-18(24)22-19(27-16)21-17(23)11-3-6-13(20)7-4-11/h3-10H,1-2H3,(H,21,22,23,24)/b16-9-. The third-order valence-electron chi connectivity index (χ3n) is 3.67. The molecule has 27 heavy (non-hydrogen) atoms. The lowest BCUT2D eigenvalue weighted by atomic mass is 10.1. The fraction of sp³-hybridized carbons (Fsp3) is 0.105. The molecule has 2 aromatic rings. The van der Waals surface area contributed by atoms with Crippen molar-refractivity contribution in [2.75, 3.05) is 14.2 Å². The predicted octanol–water partition coefficient (Wildman–Crippen LogP) is 3.76. The van der Waals surface area contributed by atoms with Gasteiger partial charge in [-0.3, -0.25) is 9.59 Å². The summed E-state index contributed by atoms with van der Waals surface area (Å²) in [7, 11) is 3.10.